The maximum Gasteiger partial charge on any atom is 0.336 e. The number of phenolic OH excluding ortho intramolecular Hbond substituents is 2. The summed E-state index contributed by atoms with van der Waals surface area (Å²) in [5, 5.41) is 27.9. The second-order valence-corrected chi connectivity index (χ2v) is 4.26. The first kappa shape index (κ1) is 12.0. The van der Waals surface area contributed by atoms with Gasteiger partial charge in [0.2, 0.25) is 5.75 Å². The smallest absolute Gasteiger partial charge is 0.336 e. The lowest BCUT2D eigenvalue weighted by molar-refractivity contribution is 0.0692. The molecule has 0 amide bonds. The van der Waals surface area contributed by atoms with Gasteiger partial charge in [0, 0.05) is 5.56 Å². The van der Waals surface area contributed by atoms with E-state index in [4.69, 9.17) is 9.84 Å². The zero-order valence-electron chi connectivity index (χ0n) is 9.95. The second-order valence-electron chi connectivity index (χ2n) is 4.26. The number of fused-ring (bicyclic) bond motifs is 1. The summed E-state index contributed by atoms with van der Waals surface area (Å²) in [6.45, 7) is 0. The average molecular weight is 272 g/mol. The molecule has 3 N–H and O–H groups in total. The van der Waals surface area contributed by atoms with E-state index in [0.717, 1.165) is 12.1 Å². The van der Waals surface area contributed by atoms with Crippen LogP contribution >= 0.6 is 0 Å². The van der Waals surface area contributed by atoms with Crippen LogP contribution in [-0.2, 0) is 0 Å². The quantitative estimate of drug-likeness (QED) is 0.498. The number of carboxylic acids is 1. The Labute approximate surface area is 112 Å². The number of carboxylic acid groups (broad SMARTS) is 1. The Hall–Kier alpha value is -3.02. The highest BCUT2D eigenvalue weighted by atomic mass is 16.6. The molecule has 0 unspecified atom stereocenters. The van der Waals surface area contributed by atoms with Crippen molar-refractivity contribution in [1.82, 2.24) is 0 Å². The van der Waals surface area contributed by atoms with Crippen molar-refractivity contribution in [2.75, 3.05) is 0 Å². The molecule has 1 heterocycles. The molecule has 0 radical (unpaired) electrons. The normalized spacial score (nSPS) is 11.4. The Bertz CT molecular complexity index is 762. The fourth-order valence-corrected chi connectivity index (χ4v) is 1.97. The molecule has 6 heteroatoms. The summed E-state index contributed by atoms with van der Waals surface area (Å²) < 4.78 is 4.99. The van der Waals surface area contributed by atoms with Gasteiger partial charge in [-0.15, -0.1) is 0 Å². The molecule has 1 aliphatic heterocycles. The highest BCUT2D eigenvalue weighted by Crippen LogP contribution is 2.54. The summed E-state index contributed by atoms with van der Waals surface area (Å²) >= 11 is 0. The van der Waals surface area contributed by atoms with E-state index >= 15 is 0 Å². The first-order chi connectivity index (χ1) is 9.49. The number of phenols is 2. The summed E-state index contributed by atoms with van der Waals surface area (Å²) in [6, 6.07) is 6.08. The Balaban J connectivity index is 2.12. The van der Waals surface area contributed by atoms with Gasteiger partial charge in [0.05, 0.1) is 11.1 Å². The van der Waals surface area contributed by atoms with Crippen molar-refractivity contribution in [2.24, 2.45) is 0 Å². The number of hydrogen-bond donors (Lipinski definition) is 3. The van der Waals surface area contributed by atoms with E-state index in [1.807, 2.05) is 0 Å². The molecule has 100 valence electrons. The molecule has 6 nitrogen and oxygen atoms in total. The van der Waals surface area contributed by atoms with Crippen LogP contribution in [0, 0.1) is 0 Å². The fourth-order valence-electron chi connectivity index (χ4n) is 1.97. The van der Waals surface area contributed by atoms with Crippen molar-refractivity contribution in [1.29, 1.82) is 0 Å². The van der Waals surface area contributed by atoms with Gasteiger partial charge >= 0.3 is 5.97 Å². The van der Waals surface area contributed by atoms with Crippen LogP contribution in [0.25, 0.3) is 0 Å². The second kappa shape index (κ2) is 3.99. The van der Waals surface area contributed by atoms with Gasteiger partial charge < -0.3 is 20.1 Å². The summed E-state index contributed by atoms with van der Waals surface area (Å²) in [7, 11) is 0. The summed E-state index contributed by atoms with van der Waals surface area (Å²) in [5.74, 6) is -1.70. The summed E-state index contributed by atoms with van der Waals surface area (Å²) in [6.07, 6.45) is 0. The van der Waals surface area contributed by atoms with Gasteiger partial charge in [-0.05, 0) is 30.3 Å². The summed E-state index contributed by atoms with van der Waals surface area (Å²) in [4.78, 5) is 23.5. The van der Waals surface area contributed by atoms with E-state index in [0.29, 0.717) is 0 Å². The SMILES string of the molecule is O=C(O)c1ccc(O)cc1C(=O)c1ccc(O)c2c1O2. The Morgan fingerprint density at radius 2 is 1.60 bits per heavy atom. The van der Waals surface area contributed by atoms with Crippen LogP contribution in [0.3, 0.4) is 0 Å². The lowest BCUT2D eigenvalue weighted by Gasteiger charge is -2.05. The first-order valence-corrected chi connectivity index (χ1v) is 5.64. The molecular weight excluding hydrogens is 264 g/mol. The van der Waals surface area contributed by atoms with Crippen molar-refractivity contribution in [2.45, 2.75) is 0 Å². The number of rotatable bonds is 3. The standard InChI is InChI=1S/C14H8O6/c15-6-1-2-7(14(18)19)9(5-6)11(17)8-3-4-10(16)13-12(8)20-13/h1-5,15-16H,(H,18,19). The minimum absolute atomic E-state index is 0.0779. The molecule has 20 heavy (non-hydrogen) atoms. The molecule has 0 aromatic heterocycles. The van der Waals surface area contributed by atoms with Crippen LogP contribution < -0.4 is 4.74 Å². The molecule has 0 saturated heterocycles. The molecule has 0 aliphatic carbocycles. The van der Waals surface area contributed by atoms with Crippen molar-refractivity contribution in [3.8, 4) is 23.0 Å². The van der Waals surface area contributed by atoms with Gasteiger partial charge in [0.1, 0.15) is 5.75 Å². The number of aromatic carboxylic acids is 1. The average Bonchev–Trinajstić information content (AvgIpc) is 3.19. The topological polar surface area (TPSA) is 107 Å². The van der Waals surface area contributed by atoms with Gasteiger partial charge in [-0.25, -0.2) is 4.79 Å². The molecule has 2 aromatic carbocycles. The van der Waals surface area contributed by atoms with E-state index in [-0.39, 0.29) is 39.7 Å². The van der Waals surface area contributed by atoms with E-state index in [1.165, 1.54) is 18.2 Å². The minimum atomic E-state index is -1.27. The van der Waals surface area contributed by atoms with Crippen LogP contribution in [0.4, 0.5) is 0 Å². The van der Waals surface area contributed by atoms with E-state index in [2.05, 4.69) is 0 Å². The molecular formula is C14H8O6. The Morgan fingerprint density at radius 1 is 0.900 bits per heavy atom. The number of carbonyl (C=O) groups is 2. The molecule has 1 aliphatic rings. The third-order valence-corrected chi connectivity index (χ3v) is 2.98. The maximum atomic E-state index is 12.4. The molecule has 3 rings (SSSR count). The van der Waals surface area contributed by atoms with Crippen LogP contribution in [-0.4, -0.2) is 27.1 Å². The lowest BCUT2D eigenvalue weighted by atomic mass is 9.98. The van der Waals surface area contributed by atoms with Crippen LogP contribution in [0.5, 0.6) is 23.0 Å². The molecule has 0 spiro atoms. The van der Waals surface area contributed by atoms with Gasteiger partial charge in [0.25, 0.3) is 0 Å². The van der Waals surface area contributed by atoms with Gasteiger partial charge in [-0.1, -0.05) is 0 Å². The van der Waals surface area contributed by atoms with Crippen molar-refractivity contribution in [3.05, 3.63) is 47.0 Å². The third kappa shape index (κ3) is 1.74. The van der Waals surface area contributed by atoms with Crippen LogP contribution in [0.15, 0.2) is 30.3 Å². The van der Waals surface area contributed by atoms with Gasteiger partial charge in [0.15, 0.2) is 17.3 Å². The molecule has 0 bridgehead atoms. The van der Waals surface area contributed by atoms with Gasteiger partial charge in [-0.3, -0.25) is 4.79 Å². The number of hydrogen-bond acceptors (Lipinski definition) is 5. The molecule has 0 saturated carbocycles. The highest BCUT2D eigenvalue weighted by Gasteiger charge is 2.33. The minimum Gasteiger partial charge on any atom is -0.508 e. The highest BCUT2D eigenvalue weighted by molar-refractivity contribution is 6.16. The Morgan fingerprint density at radius 3 is 2.30 bits per heavy atom. The lowest BCUT2D eigenvalue weighted by Crippen LogP contribution is -2.09. The van der Waals surface area contributed by atoms with Crippen molar-refractivity contribution in [3.63, 3.8) is 0 Å². The van der Waals surface area contributed by atoms with Crippen molar-refractivity contribution >= 4 is 11.8 Å². The third-order valence-electron chi connectivity index (χ3n) is 2.98. The molecule has 0 fully saturated rings. The van der Waals surface area contributed by atoms with Gasteiger partial charge in [-0.2, -0.15) is 0 Å². The number of ketones is 1. The number of aromatic hydroxyl groups is 2. The monoisotopic (exact) mass is 272 g/mol. The van der Waals surface area contributed by atoms with E-state index < -0.39 is 11.8 Å². The van der Waals surface area contributed by atoms with Crippen LogP contribution in [0.1, 0.15) is 26.3 Å². The number of benzene rings is 2. The molecule has 0 atom stereocenters. The number of ether oxygens (including phenoxy) is 1. The summed E-state index contributed by atoms with van der Waals surface area (Å²) in [5.41, 5.74) is -0.206. The molecule has 2 aromatic rings. The predicted molar refractivity (Wildman–Crippen MR) is 66.7 cm³/mol. The predicted octanol–water partition coefficient (Wildman–Crippen LogP) is 2.13. The fraction of sp³-hybridized carbons (Fsp3) is 0. The van der Waals surface area contributed by atoms with E-state index in [1.54, 1.807) is 0 Å². The number of carbonyl (C=O) groups excluding carboxylic acids is 1. The van der Waals surface area contributed by atoms with Crippen LogP contribution in [0.2, 0.25) is 0 Å². The maximum absolute atomic E-state index is 12.4. The zero-order valence-corrected chi connectivity index (χ0v) is 9.95. The Kier molecular flexibility index (Phi) is 2.40. The van der Waals surface area contributed by atoms with E-state index in [9.17, 15) is 19.8 Å². The zero-order chi connectivity index (χ0) is 14.4. The largest absolute Gasteiger partial charge is 0.508 e. The van der Waals surface area contributed by atoms with Crippen molar-refractivity contribution < 1.29 is 29.6 Å². The first-order valence-electron chi connectivity index (χ1n) is 5.64.